The number of rotatable bonds is 12. The average molecular weight is 476 g/mol. The number of likely N-dealkylation sites (N-methyl/N-ethyl adjacent to an activating group) is 1. The molecule has 9 heteroatoms. The molecule has 0 aliphatic heterocycles. The first-order chi connectivity index (χ1) is 15.7. The Morgan fingerprint density at radius 2 is 1.70 bits per heavy atom. The van der Waals surface area contributed by atoms with Crippen molar-refractivity contribution in [1.82, 2.24) is 10.2 Å². The molecule has 0 saturated carbocycles. The second-order valence-electron chi connectivity index (χ2n) is 7.66. The molecule has 0 bridgehead atoms. The predicted molar refractivity (Wildman–Crippen MR) is 130 cm³/mol. The molecular formula is C24H33N3O5S. The molecule has 1 atom stereocenters. The van der Waals surface area contributed by atoms with Gasteiger partial charge in [0.05, 0.1) is 19.1 Å². The summed E-state index contributed by atoms with van der Waals surface area (Å²) in [7, 11) is -0.562. The number of hydrogen-bond acceptors (Lipinski definition) is 5. The van der Waals surface area contributed by atoms with Gasteiger partial charge in [0.1, 0.15) is 11.8 Å². The summed E-state index contributed by atoms with van der Waals surface area (Å²) in [5.41, 5.74) is 1.34. The Balaban J connectivity index is 2.19. The van der Waals surface area contributed by atoms with Crippen molar-refractivity contribution in [1.29, 1.82) is 0 Å². The van der Waals surface area contributed by atoms with Crippen LogP contribution in [0.1, 0.15) is 31.7 Å². The molecule has 180 valence electrons. The van der Waals surface area contributed by atoms with E-state index in [2.05, 4.69) is 5.32 Å². The second kappa shape index (κ2) is 12.2. The van der Waals surface area contributed by atoms with E-state index in [1.165, 1.54) is 11.4 Å². The van der Waals surface area contributed by atoms with Crippen molar-refractivity contribution >= 4 is 27.5 Å². The number of sulfonamides is 1. The molecule has 0 saturated heterocycles. The summed E-state index contributed by atoms with van der Waals surface area (Å²) in [6.45, 7) is 2.27. The SMILES string of the molecule is CCC(C(=O)NC)N(Cc1ccccc1)C(=O)CCCN(c1ccccc1OC)S(C)(=O)=O. The minimum atomic E-state index is -3.59. The Morgan fingerprint density at radius 1 is 1.06 bits per heavy atom. The van der Waals surface area contributed by atoms with Gasteiger partial charge in [0.15, 0.2) is 0 Å². The zero-order chi connectivity index (χ0) is 24.4. The molecule has 0 spiro atoms. The van der Waals surface area contributed by atoms with E-state index < -0.39 is 16.1 Å². The van der Waals surface area contributed by atoms with Crippen LogP contribution >= 0.6 is 0 Å². The summed E-state index contributed by atoms with van der Waals surface area (Å²) in [5.74, 6) is 0.00182. The summed E-state index contributed by atoms with van der Waals surface area (Å²) < 4.78 is 31.5. The lowest BCUT2D eigenvalue weighted by Gasteiger charge is -2.31. The number of amides is 2. The lowest BCUT2D eigenvalue weighted by atomic mass is 10.1. The molecule has 0 aliphatic rings. The minimum Gasteiger partial charge on any atom is -0.495 e. The van der Waals surface area contributed by atoms with Gasteiger partial charge in [0, 0.05) is 26.6 Å². The zero-order valence-corrected chi connectivity index (χ0v) is 20.5. The molecule has 2 aromatic carbocycles. The van der Waals surface area contributed by atoms with E-state index in [0.29, 0.717) is 30.8 Å². The maximum absolute atomic E-state index is 13.2. The molecule has 2 amide bonds. The van der Waals surface area contributed by atoms with Crippen LogP contribution in [0.2, 0.25) is 0 Å². The van der Waals surface area contributed by atoms with E-state index in [1.807, 2.05) is 37.3 Å². The van der Waals surface area contributed by atoms with Gasteiger partial charge in [-0.2, -0.15) is 0 Å². The Labute approximate surface area is 196 Å². The topological polar surface area (TPSA) is 96.0 Å². The number of nitrogens with zero attached hydrogens (tertiary/aromatic N) is 2. The fourth-order valence-corrected chi connectivity index (χ4v) is 4.65. The summed E-state index contributed by atoms with van der Waals surface area (Å²) in [6, 6.07) is 15.7. The molecule has 2 rings (SSSR count). The number of hydrogen-bond donors (Lipinski definition) is 1. The van der Waals surface area contributed by atoms with Crippen LogP contribution < -0.4 is 14.4 Å². The van der Waals surface area contributed by atoms with E-state index in [1.54, 1.807) is 36.2 Å². The summed E-state index contributed by atoms with van der Waals surface area (Å²) in [6.07, 6.45) is 1.98. The molecule has 0 aromatic heterocycles. The Bertz CT molecular complexity index is 1030. The summed E-state index contributed by atoms with van der Waals surface area (Å²) in [5, 5.41) is 2.63. The van der Waals surface area contributed by atoms with Crippen LogP contribution in [0.15, 0.2) is 54.6 Å². The van der Waals surface area contributed by atoms with Crippen LogP contribution in [0.5, 0.6) is 5.75 Å². The van der Waals surface area contributed by atoms with Gasteiger partial charge in [-0.25, -0.2) is 8.42 Å². The molecule has 8 nitrogen and oxygen atoms in total. The fraction of sp³-hybridized carbons (Fsp3) is 0.417. The van der Waals surface area contributed by atoms with E-state index in [4.69, 9.17) is 4.74 Å². The van der Waals surface area contributed by atoms with Gasteiger partial charge in [-0.15, -0.1) is 0 Å². The zero-order valence-electron chi connectivity index (χ0n) is 19.7. The average Bonchev–Trinajstić information content (AvgIpc) is 2.81. The van der Waals surface area contributed by atoms with Crippen LogP contribution in [0.4, 0.5) is 5.69 Å². The number of benzene rings is 2. The standard InChI is InChI=1S/C24H33N3O5S/c1-5-20(24(29)25-2)26(18-19-12-7-6-8-13-19)23(28)16-11-17-27(33(4,30)31)21-14-9-10-15-22(21)32-3/h6-10,12-15,20H,5,11,16-18H2,1-4H3,(H,25,29). The smallest absolute Gasteiger partial charge is 0.242 e. The van der Waals surface area contributed by atoms with E-state index in [0.717, 1.165) is 11.8 Å². The number of carbonyl (C=O) groups is 2. The quantitative estimate of drug-likeness (QED) is 0.509. The maximum Gasteiger partial charge on any atom is 0.242 e. The summed E-state index contributed by atoms with van der Waals surface area (Å²) in [4.78, 5) is 27.2. The number of anilines is 1. The molecule has 0 heterocycles. The minimum absolute atomic E-state index is 0.0987. The lowest BCUT2D eigenvalue weighted by Crippen LogP contribution is -2.48. The van der Waals surface area contributed by atoms with Gasteiger partial charge >= 0.3 is 0 Å². The van der Waals surface area contributed by atoms with Gasteiger partial charge in [-0.05, 0) is 30.5 Å². The van der Waals surface area contributed by atoms with Crippen molar-refractivity contribution < 1.29 is 22.7 Å². The highest BCUT2D eigenvalue weighted by atomic mass is 32.2. The van der Waals surface area contributed by atoms with Crippen molar-refractivity contribution in [2.75, 3.05) is 31.3 Å². The molecule has 0 aliphatic carbocycles. The van der Waals surface area contributed by atoms with Gasteiger partial charge in [0.2, 0.25) is 21.8 Å². The Morgan fingerprint density at radius 3 is 2.27 bits per heavy atom. The third-order valence-corrected chi connectivity index (χ3v) is 6.51. The van der Waals surface area contributed by atoms with E-state index in [9.17, 15) is 18.0 Å². The summed E-state index contributed by atoms with van der Waals surface area (Å²) >= 11 is 0. The number of carbonyl (C=O) groups excluding carboxylic acids is 2. The number of ether oxygens (including phenoxy) is 1. The van der Waals surface area contributed by atoms with Gasteiger partial charge in [-0.1, -0.05) is 49.4 Å². The van der Waals surface area contributed by atoms with Crippen molar-refractivity contribution in [3.8, 4) is 5.75 Å². The molecule has 33 heavy (non-hydrogen) atoms. The molecule has 1 N–H and O–H groups in total. The van der Waals surface area contributed by atoms with Crippen LogP contribution in [0, 0.1) is 0 Å². The monoisotopic (exact) mass is 475 g/mol. The number of para-hydroxylation sites is 2. The van der Waals surface area contributed by atoms with E-state index in [-0.39, 0.29) is 24.8 Å². The van der Waals surface area contributed by atoms with Crippen molar-refractivity contribution in [3.63, 3.8) is 0 Å². The Hall–Kier alpha value is -3.07. The van der Waals surface area contributed by atoms with Crippen LogP contribution in [0.25, 0.3) is 0 Å². The molecule has 0 fully saturated rings. The fourth-order valence-electron chi connectivity index (χ4n) is 3.68. The van der Waals surface area contributed by atoms with Crippen LogP contribution in [-0.2, 0) is 26.2 Å². The molecule has 1 unspecified atom stereocenters. The first kappa shape index (κ1) is 26.2. The third-order valence-electron chi connectivity index (χ3n) is 5.33. The molecular weight excluding hydrogens is 442 g/mol. The van der Waals surface area contributed by atoms with Crippen molar-refractivity contribution in [2.45, 2.75) is 38.8 Å². The highest BCUT2D eigenvalue weighted by Gasteiger charge is 2.28. The third kappa shape index (κ3) is 7.21. The number of methoxy groups -OCH3 is 1. The van der Waals surface area contributed by atoms with E-state index >= 15 is 0 Å². The van der Waals surface area contributed by atoms with Gasteiger partial charge < -0.3 is 15.0 Å². The van der Waals surface area contributed by atoms with Crippen molar-refractivity contribution in [3.05, 3.63) is 60.2 Å². The normalized spacial score (nSPS) is 12.0. The second-order valence-corrected chi connectivity index (χ2v) is 9.56. The Kier molecular flexibility index (Phi) is 9.72. The van der Waals surface area contributed by atoms with Crippen LogP contribution in [0.3, 0.4) is 0 Å². The number of nitrogens with one attached hydrogen (secondary N) is 1. The predicted octanol–water partition coefficient (Wildman–Crippen LogP) is 2.79. The lowest BCUT2D eigenvalue weighted by molar-refractivity contribution is -0.141. The largest absolute Gasteiger partial charge is 0.495 e. The highest BCUT2D eigenvalue weighted by molar-refractivity contribution is 7.92. The first-order valence-corrected chi connectivity index (χ1v) is 12.7. The molecule has 0 radical (unpaired) electrons. The first-order valence-electron chi connectivity index (χ1n) is 10.9. The van der Waals surface area contributed by atoms with Crippen molar-refractivity contribution in [2.24, 2.45) is 0 Å². The van der Waals surface area contributed by atoms with Gasteiger partial charge in [0.25, 0.3) is 0 Å². The van der Waals surface area contributed by atoms with Crippen LogP contribution in [-0.4, -0.2) is 58.1 Å². The molecule has 2 aromatic rings. The van der Waals surface area contributed by atoms with Gasteiger partial charge in [-0.3, -0.25) is 13.9 Å². The maximum atomic E-state index is 13.2. The highest BCUT2D eigenvalue weighted by Crippen LogP contribution is 2.29.